The zero-order valence-corrected chi connectivity index (χ0v) is 7.02. The van der Waals surface area contributed by atoms with E-state index >= 15 is 0 Å². The van der Waals surface area contributed by atoms with Gasteiger partial charge in [0, 0.05) is 0 Å². The Bertz CT molecular complexity index is 194. The molecule has 0 aromatic rings. The van der Waals surface area contributed by atoms with Crippen LogP contribution in [0.2, 0.25) is 0 Å². The predicted molar refractivity (Wildman–Crippen MR) is 42.0 cm³/mol. The summed E-state index contributed by atoms with van der Waals surface area (Å²) in [6, 6.07) is 0. The van der Waals surface area contributed by atoms with E-state index in [2.05, 4.69) is 4.72 Å². The maximum absolute atomic E-state index is 11.2. The van der Waals surface area contributed by atoms with Crippen molar-refractivity contribution in [1.82, 2.24) is 4.72 Å². The first-order chi connectivity index (χ1) is 5.29. The molecule has 0 spiro atoms. The molecule has 62 valence electrons. The van der Waals surface area contributed by atoms with E-state index in [-0.39, 0.29) is 17.1 Å². The summed E-state index contributed by atoms with van der Waals surface area (Å²) in [7, 11) is -1.07. The Labute approximate surface area is 68.1 Å². The summed E-state index contributed by atoms with van der Waals surface area (Å²) in [6.07, 6.45) is 4.13. The molecule has 11 heavy (non-hydrogen) atoms. The van der Waals surface area contributed by atoms with Crippen molar-refractivity contribution < 1.29 is 9.00 Å². The molecule has 1 aliphatic heterocycles. The molecule has 3 unspecified atom stereocenters. The van der Waals surface area contributed by atoms with Crippen LogP contribution in [0.4, 0.5) is 0 Å². The molecule has 1 N–H and O–H groups in total. The molecular weight excluding hydrogens is 162 g/mol. The van der Waals surface area contributed by atoms with Crippen LogP contribution < -0.4 is 4.72 Å². The number of nitrogens with one attached hydrogen (secondary N) is 1. The molecule has 0 radical (unpaired) electrons. The minimum Gasteiger partial charge on any atom is -0.275 e. The number of carbonyl (C=O) groups is 1. The highest BCUT2D eigenvalue weighted by Gasteiger charge is 2.41. The highest BCUT2D eigenvalue weighted by atomic mass is 32.2. The number of amides is 1. The zero-order chi connectivity index (χ0) is 7.84. The van der Waals surface area contributed by atoms with Gasteiger partial charge in [-0.15, -0.1) is 0 Å². The van der Waals surface area contributed by atoms with E-state index < -0.39 is 11.0 Å². The average molecular weight is 173 g/mol. The Hall–Kier alpha value is -0.380. The van der Waals surface area contributed by atoms with Gasteiger partial charge in [-0.05, 0) is 12.8 Å². The van der Waals surface area contributed by atoms with Crippen LogP contribution in [0.15, 0.2) is 0 Å². The van der Waals surface area contributed by atoms with Gasteiger partial charge in [0.15, 0.2) is 0 Å². The van der Waals surface area contributed by atoms with Crippen molar-refractivity contribution in [3.05, 3.63) is 0 Å². The van der Waals surface area contributed by atoms with Crippen LogP contribution in [0, 0.1) is 5.92 Å². The van der Waals surface area contributed by atoms with Gasteiger partial charge >= 0.3 is 0 Å². The van der Waals surface area contributed by atoms with Gasteiger partial charge in [0.25, 0.3) is 0 Å². The third-order valence-corrected chi connectivity index (χ3v) is 4.03. The summed E-state index contributed by atoms with van der Waals surface area (Å²) in [4.78, 5) is 11.1. The molecule has 2 rings (SSSR count). The summed E-state index contributed by atoms with van der Waals surface area (Å²) >= 11 is 0. The highest BCUT2D eigenvalue weighted by molar-refractivity contribution is 7.84. The summed E-state index contributed by atoms with van der Waals surface area (Å²) in [5.74, 6) is 0.0672. The van der Waals surface area contributed by atoms with Crippen molar-refractivity contribution in [3.63, 3.8) is 0 Å². The van der Waals surface area contributed by atoms with Crippen LogP contribution in [0.25, 0.3) is 0 Å². The van der Waals surface area contributed by atoms with Crippen LogP contribution in [-0.2, 0) is 15.8 Å². The molecule has 1 heterocycles. The van der Waals surface area contributed by atoms with Crippen molar-refractivity contribution in [2.24, 2.45) is 5.92 Å². The molecular formula is C7H11NO2S. The second-order valence-electron chi connectivity index (χ2n) is 3.19. The standard InChI is InChI=1S/C7H11NO2S/c9-7-5-3-1-2-4-6(5)11(10)8-7/h5-6H,1-4H2,(H,8,9). The molecule has 0 bridgehead atoms. The quantitative estimate of drug-likeness (QED) is 0.574. The van der Waals surface area contributed by atoms with E-state index in [1.807, 2.05) is 0 Å². The number of rotatable bonds is 0. The van der Waals surface area contributed by atoms with Gasteiger partial charge in [-0.25, -0.2) is 4.21 Å². The first-order valence-electron chi connectivity index (χ1n) is 4.00. The monoisotopic (exact) mass is 173 g/mol. The third-order valence-electron chi connectivity index (χ3n) is 2.52. The smallest absolute Gasteiger partial charge is 0.236 e. The van der Waals surface area contributed by atoms with E-state index in [4.69, 9.17) is 0 Å². The first kappa shape index (κ1) is 7.28. The summed E-state index contributed by atoms with van der Waals surface area (Å²) in [6.45, 7) is 0. The Morgan fingerprint density at radius 3 is 2.82 bits per heavy atom. The van der Waals surface area contributed by atoms with Crippen LogP contribution in [0.5, 0.6) is 0 Å². The minimum atomic E-state index is -1.07. The van der Waals surface area contributed by atoms with Crippen LogP contribution in [-0.4, -0.2) is 15.4 Å². The molecule has 1 saturated carbocycles. The topological polar surface area (TPSA) is 46.2 Å². The van der Waals surface area contributed by atoms with Crippen molar-refractivity contribution in [3.8, 4) is 0 Å². The van der Waals surface area contributed by atoms with E-state index in [1.54, 1.807) is 0 Å². The van der Waals surface area contributed by atoms with E-state index in [9.17, 15) is 9.00 Å². The number of hydrogen-bond acceptors (Lipinski definition) is 2. The lowest BCUT2D eigenvalue weighted by Crippen LogP contribution is -2.25. The third kappa shape index (κ3) is 1.09. The minimum absolute atomic E-state index is 0.00744. The van der Waals surface area contributed by atoms with Gasteiger partial charge in [-0.3, -0.25) is 9.52 Å². The molecule has 3 atom stereocenters. The molecule has 2 aliphatic rings. The largest absolute Gasteiger partial charge is 0.275 e. The molecule has 1 amide bonds. The Morgan fingerprint density at radius 1 is 1.36 bits per heavy atom. The van der Waals surface area contributed by atoms with E-state index in [0.717, 1.165) is 25.7 Å². The molecule has 3 nitrogen and oxygen atoms in total. The lowest BCUT2D eigenvalue weighted by molar-refractivity contribution is -0.122. The number of carbonyl (C=O) groups excluding carboxylic acids is 1. The van der Waals surface area contributed by atoms with E-state index in [1.165, 1.54) is 0 Å². The van der Waals surface area contributed by atoms with Gasteiger partial charge in [-0.2, -0.15) is 0 Å². The number of fused-ring (bicyclic) bond motifs is 1. The van der Waals surface area contributed by atoms with Crippen molar-refractivity contribution >= 4 is 16.9 Å². The summed E-state index contributed by atoms with van der Waals surface area (Å²) < 4.78 is 13.7. The SMILES string of the molecule is O=C1NS(=O)C2CCCCC12. The lowest BCUT2D eigenvalue weighted by atomic mass is 9.88. The molecule has 4 heteroatoms. The van der Waals surface area contributed by atoms with Gasteiger partial charge in [0.05, 0.1) is 11.2 Å². The van der Waals surface area contributed by atoms with Crippen molar-refractivity contribution in [2.45, 2.75) is 30.9 Å². The Kier molecular flexibility index (Phi) is 1.71. The maximum atomic E-state index is 11.2. The Morgan fingerprint density at radius 2 is 2.09 bits per heavy atom. The van der Waals surface area contributed by atoms with Gasteiger partial charge in [-0.1, -0.05) is 12.8 Å². The molecule has 1 saturated heterocycles. The highest BCUT2D eigenvalue weighted by Crippen LogP contribution is 2.31. The molecule has 0 aromatic carbocycles. The summed E-state index contributed by atoms with van der Waals surface area (Å²) in [5, 5.41) is 0.122. The van der Waals surface area contributed by atoms with Crippen molar-refractivity contribution in [2.75, 3.05) is 0 Å². The second kappa shape index (κ2) is 2.59. The first-order valence-corrected chi connectivity index (χ1v) is 5.21. The maximum Gasteiger partial charge on any atom is 0.236 e. The normalized spacial score (nSPS) is 43.3. The zero-order valence-electron chi connectivity index (χ0n) is 6.21. The van der Waals surface area contributed by atoms with Crippen LogP contribution in [0.3, 0.4) is 0 Å². The fourth-order valence-electron chi connectivity index (χ4n) is 1.90. The summed E-state index contributed by atoms with van der Waals surface area (Å²) in [5.41, 5.74) is 0. The number of hydrogen-bond donors (Lipinski definition) is 1. The fraction of sp³-hybridized carbons (Fsp3) is 0.857. The second-order valence-corrected chi connectivity index (χ2v) is 4.60. The molecule has 2 fully saturated rings. The van der Waals surface area contributed by atoms with Crippen molar-refractivity contribution in [1.29, 1.82) is 0 Å². The van der Waals surface area contributed by atoms with Gasteiger partial charge in [0.2, 0.25) is 5.91 Å². The average Bonchev–Trinajstić information content (AvgIpc) is 2.30. The lowest BCUT2D eigenvalue weighted by Gasteiger charge is -2.19. The van der Waals surface area contributed by atoms with Crippen LogP contribution >= 0.6 is 0 Å². The van der Waals surface area contributed by atoms with E-state index in [0.29, 0.717) is 0 Å². The predicted octanol–water partition coefficient (Wildman–Crippen LogP) is 0.339. The van der Waals surface area contributed by atoms with Crippen LogP contribution in [0.1, 0.15) is 25.7 Å². The van der Waals surface area contributed by atoms with Gasteiger partial charge < -0.3 is 0 Å². The molecule has 1 aliphatic carbocycles. The Balaban J connectivity index is 2.19. The molecule has 0 aromatic heterocycles. The fourth-order valence-corrected chi connectivity index (χ4v) is 3.34. The van der Waals surface area contributed by atoms with Gasteiger partial charge in [0.1, 0.15) is 11.0 Å².